The summed E-state index contributed by atoms with van der Waals surface area (Å²) >= 11 is 1.58. The molecule has 0 amide bonds. The number of thiophene rings is 1. The van der Waals surface area contributed by atoms with Crippen molar-refractivity contribution in [2.45, 2.75) is 6.92 Å². The first-order valence-electron chi connectivity index (χ1n) is 7.29. The third kappa shape index (κ3) is 2.32. The van der Waals surface area contributed by atoms with Crippen LogP contribution in [-0.4, -0.2) is 18.1 Å². The van der Waals surface area contributed by atoms with Crippen LogP contribution in [0.2, 0.25) is 0 Å². The minimum absolute atomic E-state index is 0.408. The van der Waals surface area contributed by atoms with Crippen LogP contribution in [0.15, 0.2) is 46.3 Å². The second kappa shape index (κ2) is 5.65. The molecule has 0 aliphatic carbocycles. The van der Waals surface area contributed by atoms with Crippen LogP contribution >= 0.6 is 11.3 Å². The molecule has 1 aromatic carbocycles. The van der Waals surface area contributed by atoms with Crippen LogP contribution in [0.1, 0.15) is 16.1 Å². The molecule has 3 aromatic heterocycles. The van der Waals surface area contributed by atoms with Gasteiger partial charge in [0.2, 0.25) is 0 Å². The summed E-state index contributed by atoms with van der Waals surface area (Å²) in [5.41, 5.74) is 1.94. The zero-order valence-corrected chi connectivity index (χ0v) is 13.8. The number of rotatable bonds is 3. The lowest BCUT2D eigenvalue weighted by molar-refractivity contribution is 0.0600. The summed E-state index contributed by atoms with van der Waals surface area (Å²) in [6.07, 6.45) is 1.72. The summed E-state index contributed by atoms with van der Waals surface area (Å²) in [6.45, 7) is 1.74. The molecule has 0 fully saturated rings. The van der Waals surface area contributed by atoms with E-state index in [1.165, 1.54) is 7.11 Å². The fourth-order valence-corrected chi connectivity index (χ4v) is 3.48. The first-order chi connectivity index (χ1) is 11.7. The number of ether oxygens (including phenoxy) is 2. The third-order valence-corrected chi connectivity index (χ3v) is 4.68. The maximum Gasteiger partial charge on any atom is 0.342 e. The van der Waals surface area contributed by atoms with Crippen LogP contribution in [0.5, 0.6) is 11.5 Å². The number of hydrogen-bond acceptors (Lipinski definition) is 6. The molecule has 0 N–H and O–H groups in total. The number of esters is 1. The van der Waals surface area contributed by atoms with Gasteiger partial charge in [-0.1, -0.05) is 0 Å². The van der Waals surface area contributed by atoms with Crippen LogP contribution in [0.25, 0.3) is 21.2 Å². The lowest BCUT2D eigenvalue weighted by Crippen LogP contribution is -2.01. The molecule has 0 spiro atoms. The molecule has 6 heteroatoms. The fourth-order valence-electron chi connectivity index (χ4n) is 2.68. The number of methoxy groups -OCH3 is 1. The van der Waals surface area contributed by atoms with E-state index in [4.69, 9.17) is 13.9 Å². The number of carbonyl (C=O) groups is 1. The average molecular weight is 339 g/mol. The molecule has 0 aliphatic heterocycles. The van der Waals surface area contributed by atoms with Gasteiger partial charge >= 0.3 is 5.97 Å². The van der Waals surface area contributed by atoms with Crippen molar-refractivity contribution in [1.29, 1.82) is 0 Å². The smallest absolute Gasteiger partial charge is 0.342 e. The number of benzene rings is 1. The van der Waals surface area contributed by atoms with Crippen LogP contribution in [0.4, 0.5) is 0 Å². The van der Waals surface area contributed by atoms with Crippen molar-refractivity contribution in [2.75, 3.05) is 7.11 Å². The molecule has 0 saturated heterocycles. The minimum atomic E-state index is -0.408. The van der Waals surface area contributed by atoms with Crippen molar-refractivity contribution in [3.63, 3.8) is 0 Å². The number of nitrogens with zero attached hydrogens (tertiary/aromatic N) is 1. The quantitative estimate of drug-likeness (QED) is 0.495. The van der Waals surface area contributed by atoms with Crippen LogP contribution in [0, 0.1) is 6.92 Å². The number of hydrogen-bond donors (Lipinski definition) is 0. The van der Waals surface area contributed by atoms with E-state index in [1.807, 2.05) is 23.6 Å². The van der Waals surface area contributed by atoms with E-state index < -0.39 is 5.97 Å². The molecule has 0 radical (unpaired) electrons. The molecule has 0 saturated carbocycles. The molecular weight excluding hydrogens is 326 g/mol. The highest BCUT2D eigenvalue weighted by Crippen LogP contribution is 2.35. The molecule has 0 aliphatic rings. The Hall–Kier alpha value is -2.86. The Balaban J connectivity index is 1.76. The summed E-state index contributed by atoms with van der Waals surface area (Å²) in [4.78, 5) is 16.2. The number of furan rings is 1. The predicted molar refractivity (Wildman–Crippen MR) is 92.0 cm³/mol. The molecule has 3 heterocycles. The van der Waals surface area contributed by atoms with E-state index in [1.54, 1.807) is 36.6 Å². The molecule has 0 atom stereocenters. The molecule has 24 heavy (non-hydrogen) atoms. The number of aryl methyl sites for hydroxylation is 1. The second-order valence-electron chi connectivity index (χ2n) is 5.23. The van der Waals surface area contributed by atoms with Crippen molar-refractivity contribution in [1.82, 2.24) is 4.98 Å². The van der Waals surface area contributed by atoms with Gasteiger partial charge in [-0.25, -0.2) is 4.79 Å². The average Bonchev–Trinajstić information content (AvgIpc) is 3.18. The lowest BCUT2D eigenvalue weighted by Gasteiger charge is -2.06. The van der Waals surface area contributed by atoms with Gasteiger partial charge in [0.25, 0.3) is 0 Å². The zero-order chi connectivity index (χ0) is 16.7. The van der Waals surface area contributed by atoms with Gasteiger partial charge in [-0.15, -0.1) is 11.3 Å². The largest absolute Gasteiger partial charge is 0.465 e. The molecule has 0 unspecified atom stereocenters. The van der Waals surface area contributed by atoms with E-state index in [0.29, 0.717) is 28.0 Å². The monoisotopic (exact) mass is 339 g/mol. The van der Waals surface area contributed by atoms with Crippen LogP contribution < -0.4 is 4.74 Å². The van der Waals surface area contributed by atoms with Gasteiger partial charge in [-0.3, -0.25) is 4.98 Å². The lowest BCUT2D eigenvalue weighted by atomic mass is 10.1. The normalized spacial score (nSPS) is 11.1. The van der Waals surface area contributed by atoms with E-state index in [9.17, 15) is 4.79 Å². The molecule has 0 bridgehead atoms. The van der Waals surface area contributed by atoms with Crippen molar-refractivity contribution in [2.24, 2.45) is 0 Å². The highest BCUT2D eigenvalue weighted by Gasteiger charge is 2.19. The van der Waals surface area contributed by atoms with Crippen LogP contribution in [0.3, 0.4) is 0 Å². The van der Waals surface area contributed by atoms with Gasteiger partial charge < -0.3 is 13.9 Å². The minimum Gasteiger partial charge on any atom is -0.465 e. The topological polar surface area (TPSA) is 61.6 Å². The van der Waals surface area contributed by atoms with Gasteiger partial charge in [0.05, 0.1) is 17.3 Å². The van der Waals surface area contributed by atoms with Crippen molar-refractivity contribution >= 4 is 38.5 Å². The summed E-state index contributed by atoms with van der Waals surface area (Å²) < 4.78 is 17.5. The van der Waals surface area contributed by atoms with E-state index in [-0.39, 0.29) is 0 Å². The molecular formula is C18H13NO4S. The third-order valence-electron chi connectivity index (χ3n) is 3.76. The van der Waals surface area contributed by atoms with Crippen molar-refractivity contribution in [3.05, 3.63) is 53.2 Å². The van der Waals surface area contributed by atoms with Gasteiger partial charge in [-0.05, 0) is 30.5 Å². The van der Waals surface area contributed by atoms with Gasteiger partial charge in [0.1, 0.15) is 28.4 Å². The Labute approximate surface area is 141 Å². The maximum absolute atomic E-state index is 11.9. The Bertz CT molecular complexity index is 1060. The Kier molecular flexibility index (Phi) is 3.46. The first-order valence-corrected chi connectivity index (χ1v) is 8.17. The van der Waals surface area contributed by atoms with E-state index >= 15 is 0 Å². The maximum atomic E-state index is 11.9. The fraction of sp³-hybridized carbons (Fsp3) is 0.111. The molecule has 120 valence electrons. The zero-order valence-electron chi connectivity index (χ0n) is 13.0. The summed E-state index contributed by atoms with van der Waals surface area (Å²) in [5, 5.41) is 2.69. The van der Waals surface area contributed by atoms with Crippen LogP contribution in [-0.2, 0) is 4.74 Å². The second-order valence-corrected chi connectivity index (χ2v) is 6.15. The van der Waals surface area contributed by atoms with E-state index in [0.717, 1.165) is 16.0 Å². The Morgan fingerprint density at radius 2 is 2.12 bits per heavy atom. The Morgan fingerprint density at radius 1 is 1.25 bits per heavy atom. The first kappa shape index (κ1) is 14.7. The molecule has 4 aromatic rings. The highest BCUT2D eigenvalue weighted by atomic mass is 32.1. The van der Waals surface area contributed by atoms with Crippen molar-refractivity contribution < 1.29 is 18.7 Å². The summed E-state index contributed by atoms with van der Waals surface area (Å²) in [6, 6.07) is 9.17. The standard InChI is InChI=1S/C18H13NO4S/c1-10-16(18(20)21-2)12-4-3-11(9-15(12)22-10)23-14-5-7-19-13-6-8-24-17(13)14/h3-9H,1-2H3. The van der Waals surface area contributed by atoms with Crippen molar-refractivity contribution in [3.8, 4) is 11.5 Å². The van der Waals surface area contributed by atoms with E-state index in [2.05, 4.69) is 4.98 Å². The molecule has 5 nitrogen and oxygen atoms in total. The predicted octanol–water partition coefficient (Wildman–Crippen LogP) is 4.93. The van der Waals surface area contributed by atoms with Gasteiger partial charge in [-0.2, -0.15) is 0 Å². The number of carbonyl (C=O) groups excluding carboxylic acids is 1. The summed E-state index contributed by atoms with van der Waals surface area (Å²) in [5.74, 6) is 1.49. The summed E-state index contributed by atoms with van der Waals surface area (Å²) in [7, 11) is 1.35. The van der Waals surface area contributed by atoms with Gasteiger partial charge in [0.15, 0.2) is 0 Å². The highest BCUT2D eigenvalue weighted by molar-refractivity contribution is 7.17. The number of pyridine rings is 1. The SMILES string of the molecule is COC(=O)c1c(C)oc2cc(Oc3ccnc4ccsc34)ccc12. The number of fused-ring (bicyclic) bond motifs is 2. The molecule has 4 rings (SSSR count). The number of aromatic nitrogens is 1. The van der Waals surface area contributed by atoms with Gasteiger partial charge in [0, 0.05) is 23.7 Å². The Morgan fingerprint density at radius 3 is 2.96 bits per heavy atom.